The molecule has 0 aliphatic heterocycles. The summed E-state index contributed by atoms with van der Waals surface area (Å²) in [6.45, 7) is -0.351. The van der Waals surface area contributed by atoms with Gasteiger partial charge in [-0.1, -0.05) is 30.3 Å². The Balaban J connectivity index is 2.73. The van der Waals surface area contributed by atoms with Crippen molar-refractivity contribution < 1.29 is 19.7 Å². The van der Waals surface area contributed by atoms with Gasteiger partial charge in [-0.15, -0.1) is 0 Å². The third kappa shape index (κ3) is 2.76. The minimum Gasteiger partial charge on any atom is -0.450 e. The van der Waals surface area contributed by atoms with Crippen molar-refractivity contribution in [2.24, 2.45) is 0 Å². The van der Waals surface area contributed by atoms with E-state index in [2.05, 4.69) is 4.74 Å². The Labute approximate surface area is 75.4 Å². The summed E-state index contributed by atoms with van der Waals surface area (Å²) in [6, 6.07) is 8.71. The van der Waals surface area contributed by atoms with Crippen molar-refractivity contribution in [3.63, 3.8) is 0 Å². The van der Waals surface area contributed by atoms with Gasteiger partial charge in [-0.05, 0) is 5.56 Å². The topological polar surface area (TPSA) is 66.8 Å². The smallest absolute Gasteiger partial charge is 0.450 e. The van der Waals surface area contributed by atoms with Gasteiger partial charge in [0.2, 0.25) is 0 Å². The Morgan fingerprint density at radius 1 is 1.38 bits per heavy atom. The summed E-state index contributed by atoms with van der Waals surface area (Å²) in [5.41, 5.74) is 0.646. The summed E-state index contributed by atoms with van der Waals surface area (Å²) in [5.74, 6) is 0. The van der Waals surface area contributed by atoms with E-state index in [1.807, 2.05) is 0 Å². The molecule has 0 saturated carbocycles. The van der Waals surface area contributed by atoms with Crippen LogP contribution in [0.4, 0.5) is 4.79 Å². The molecule has 0 aliphatic rings. The Morgan fingerprint density at radius 3 is 2.46 bits per heavy atom. The maximum atomic E-state index is 10.2. The highest BCUT2D eigenvalue weighted by atomic mass is 16.7. The van der Waals surface area contributed by atoms with E-state index >= 15 is 0 Å². The van der Waals surface area contributed by atoms with Crippen molar-refractivity contribution in [3.8, 4) is 0 Å². The highest BCUT2D eigenvalue weighted by Crippen LogP contribution is 2.15. The molecule has 0 spiro atoms. The molecule has 0 saturated heterocycles. The molecule has 1 aromatic rings. The third-order valence-corrected chi connectivity index (χ3v) is 1.58. The van der Waals surface area contributed by atoms with Crippen LogP contribution < -0.4 is 0 Å². The first kappa shape index (κ1) is 9.54. The molecule has 13 heavy (non-hydrogen) atoms. The van der Waals surface area contributed by atoms with Crippen molar-refractivity contribution in [3.05, 3.63) is 35.9 Å². The van der Waals surface area contributed by atoms with Gasteiger partial charge in [0, 0.05) is 0 Å². The van der Waals surface area contributed by atoms with Crippen LogP contribution in [-0.4, -0.2) is 23.0 Å². The number of ether oxygens (including phenoxy) is 1. The number of carbonyl (C=O) groups is 1. The monoisotopic (exact) mass is 182 g/mol. The van der Waals surface area contributed by atoms with E-state index in [9.17, 15) is 4.79 Å². The number of aliphatic hydroxyl groups is 1. The fraction of sp³-hybridized carbons (Fsp3) is 0.222. The fourth-order valence-corrected chi connectivity index (χ4v) is 1.00. The third-order valence-electron chi connectivity index (χ3n) is 1.58. The van der Waals surface area contributed by atoms with Crippen molar-refractivity contribution in [2.45, 2.75) is 6.10 Å². The SMILES string of the molecule is O=C(O)OC(CO)c1ccccc1. The summed E-state index contributed by atoms with van der Waals surface area (Å²) in [4.78, 5) is 10.2. The lowest BCUT2D eigenvalue weighted by molar-refractivity contribution is 0.0232. The predicted molar refractivity (Wildman–Crippen MR) is 45.4 cm³/mol. The first-order chi connectivity index (χ1) is 6.24. The second kappa shape index (κ2) is 4.47. The molecule has 0 amide bonds. The minimum atomic E-state index is -1.39. The molecule has 0 aliphatic carbocycles. The maximum Gasteiger partial charge on any atom is 0.506 e. The lowest BCUT2D eigenvalue weighted by atomic mass is 10.1. The number of carboxylic acid groups (broad SMARTS) is 1. The van der Waals surface area contributed by atoms with E-state index in [-0.39, 0.29) is 6.61 Å². The van der Waals surface area contributed by atoms with Crippen LogP contribution in [0.2, 0.25) is 0 Å². The molecule has 4 heteroatoms. The number of hydrogen-bond donors (Lipinski definition) is 2. The van der Waals surface area contributed by atoms with Gasteiger partial charge in [0.05, 0.1) is 6.61 Å². The van der Waals surface area contributed by atoms with Crippen LogP contribution in [0, 0.1) is 0 Å². The summed E-state index contributed by atoms with van der Waals surface area (Å²) in [6.07, 6.45) is -2.18. The summed E-state index contributed by atoms with van der Waals surface area (Å²) in [7, 11) is 0. The van der Waals surface area contributed by atoms with Crippen molar-refractivity contribution in [1.82, 2.24) is 0 Å². The minimum absolute atomic E-state index is 0.351. The molecule has 1 aromatic carbocycles. The van der Waals surface area contributed by atoms with E-state index < -0.39 is 12.3 Å². The maximum absolute atomic E-state index is 10.2. The van der Waals surface area contributed by atoms with Crippen LogP contribution in [0.25, 0.3) is 0 Å². The molecule has 0 heterocycles. The van der Waals surface area contributed by atoms with Crippen LogP contribution >= 0.6 is 0 Å². The number of rotatable bonds is 3. The molecular formula is C9H10O4. The Kier molecular flexibility index (Phi) is 3.28. The van der Waals surface area contributed by atoms with Gasteiger partial charge in [-0.25, -0.2) is 4.79 Å². The average Bonchev–Trinajstić information content (AvgIpc) is 2.15. The molecule has 1 unspecified atom stereocenters. The number of benzene rings is 1. The quantitative estimate of drug-likeness (QED) is 0.693. The lowest BCUT2D eigenvalue weighted by Crippen LogP contribution is -2.12. The predicted octanol–water partition coefficient (Wildman–Crippen LogP) is 1.41. The van der Waals surface area contributed by atoms with Gasteiger partial charge in [-0.2, -0.15) is 0 Å². The molecule has 0 radical (unpaired) electrons. The van der Waals surface area contributed by atoms with Gasteiger partial charge in [0.1, 0.15) is 0 Å². The summed E-state index contributed by atoms with van der Waals surface area (Å²) in [5, 5.41) is 17.2. The van der Waals surface area contributed by atoms with Crippen molar-refractivity contribution >= 4 is 6.16 Å². The number of hydrogen-bond acceptors (Lipinski definition) is 3. The van der Waals surface area contributed by atoms with Gasteiger partial charge >= 0.3 is 6.16 Å². The molecule has 2 N–H and O–H groups in total. The molecule has 70 valence electrons. The van der Waals surface area contributed by atoms with Gasteiger partial charge in [0.15, 0.2) is 6.10 Å². The van der Waals surface area contributed by atoms with Crippen LogP contribution in [0.3, 0.4) is 0 Å². The lowest BCUT2D eigenvalue weighted by Gasteiger charge is -2.12. The van der Waals surface area contributed by atoms with Crippen molar-refractivity contribution in [2.75, 3.05) is 6.61 Å². The second-order valence-electron chi connectivity index (χ2n) is 2.47. The summed E-state index contributed by atoms with van der Waals surface area (Å²) >= 11 is 0. The Bertz CT molecular complexity index is 270. The average molecular weight is 182 g/mol. The largest absolute Gasteiger partial charge is 0.506 e. The zero-order chi connectivity index (χ0) is 9.68. The van der Waals surface area contributed by atoms with Crippen LogP contribution in [-0.2, 0) is 4.74 Å². The molecule has 0 fully saturated rings. The molecule has 0 aromatic heterocycles. The highest BCUT2D eigenvalue weighted by Gasteiger charge is 2.13. The van der Waals surface area contributed by atoms with E-state index in [4.69, 9.17) is 10.2 Å². The first-order valence-electron chi connectivity index (χ1n) is 3.79. The fourth-order valence-electron chi connectivity index (χ4n) is 1.00. The van der Waals surface area contributed by atoms with E-state index in [1.165, 1.54) is 0 Å². The molecule has 1 atom stereocenters. The normalized spacial score (nSPS) is 12.1. The van der Waals surface area contributed by atoms with Crippen LogP contribution in [0.1, 0.15) is 11.7 Å². The molecule has 4 nitrogen and oxygen atoms in total. The zero-order valence-electron chi connectivity index (χ0n) is 6.88. The summed E-state index contributed by atoms with van der Waals surface area (Å²) < 4.78 is 4.45. The van der Waals surface area contributed by atoms with Crippen LogP contribution in [0.15, 0.2) is 30.3 Å². The standard InChI is InChI=1S/C9H10O4/c10-6-8(13-9(11)12)7-4-2-1-3-5-7/h1-5,8,10H,6H2,(H,11,12). The molecule has 0 bridgehead atoms. The van der Waals surface area contributed by atoms with E-state index in [1.54, 1.807) is 30.3 Å². The van der Waals surface area contributed by atoms with Gasteiger partial charge in [0.25, 0.3) is 0 Å². The number of aliphatic hydroxyl groups excluding tert-OH is 1. The second-order valence-corrected chi connectivity index (χ2v) is 2.47. The first-order valence-corrected chi connectivity index (χ1v) is 3.79. The van der Waals surface area contributed by atoms with Crippen molar-refractivity contribution in [1.29, 1.82) is 0 Å². The molecular weight excluding hydrogens is 172 g/mol. The van der Waals surface area contributed by atoms with Crippen LogP contribution in [0.5, 0.6) is 0 Å². The van der Waals surface area contributed by atoms with Gasteiger partial charge < -0.3 is 14.9 Å². The Morgan fingerprint density at radius 2 is 2.00 bits per heavy atom. The van der Waals surface area contributed by atoms with E-state index in [0.29, 0.717) is 5.56 Å². The zero-order valence-corrected chi connectivity index (χ0v) is 6.88. The Hall–Kier alpha value is -1.55. The highest BCUT2D eigenvalue weighted by molar-refractivity contribution is 5.57. The van der Waals surface area contributed by atoms with Gasteiger partial charge in [-0.3, -0.25) is 0 Å². The van der Waals surface area contributed by atoms with E-state index in [0.717, 1.165) is 0 Å². The molecule has 1 rings (SSSR count).